The van der Waals surface area contributed by atoms with Crippen LogP contribution in [0.1, 0.15) is 34.6 Å². The first-order chi connectivity index (χ1) is 14.7. The van der Waals surface area contributed by atoms with Crippen molar-refractivity contribution in [1.82, 2.24) is 0 Å². The van der Waals surface area contributed by atoms with E-state index < -0.39 is 85.3 Å². The molecular formula is C16H22NO13SSe-. The van der Waals surface area contributed by atoms with Crippen LogP contribution in [0.15, 0.2) is 5.16 Å². The van der Waals surface area contributed by atoms with Gasteiger partial charge in [0.2, 0.25) is 0 Å². The van der Waals surface area contributed by atoms with E-state index in [9.17, 15) is 32.1 Å². The van der Waals surface area contributed by atoms with Crippen molar-refractivity contribution >= 4 is 53.8 Å². The van der Waals surface area contributed by atoms with E-state index in [4.69, 9.17) is 23.7 Å². The summed E-state index contributed by atoms with van der Waals surface area (Å²) in [5, 5.41) is 2.11. The van der Waals surface area contributed by atoms with E-state index in [1.54, 1.807) is 0 Å². The monoisotopic (exact) mass is 548 g/mol. The van der Waals surface area contributed by atoms with Gasteiger partial charge in [0.1, 0.15) is 0 Å². The summed E-state index contributed by atoms with van der Waals surface area (Å²) in [5.41, 5.74) is 0. The molecule has 0 aromatic carbocycles. The first-order valence-electron chi connectivity index (χ1n) is 8.85. The standard InChI is InChI=1S/C16H23NO13SSe/c1-7(17-30-31(22,23)24)32-16-15(28-11(5)21)14(27-10(4)20)13(26-9(3)19)12(29-16)6-25-8(2)18/h12-16H,6H2,1-5H3,(H,22,23,24)/p-1/b17-7-/t12-,13-,14+,15-,16+/m1/s1. The second-order valence-corrected chi connectivity index (χ2v) is 9.95. The van der Waals surface area contributed by atoms with Crippen LogP contribution in [0.5, 0.6) is 0 Å². The number of esters is 4. The number of ether oxygens (including phenoxy) is 5. The SMILES string of the molecule is CC(=O)OC[C@H]1O[C@@H]([Se]/C(C)=N\OS(=O)(=O)[O-])[C@H](OC(C)=O)[C@@H](OC(C)=O)[C@@H]1OC(C)=O. The summed E-state index contributed by atoms with van der Waals surface area (Å²) in [5.74, 6) is -3.03. The molecule has 0 aromatic rings. The van der Waals surface area contributed by atoms with E-state index in [0.717, 1.165) is 27.7 Å². The molecule has 32 heavy (non-hydrogen) atoms. The first kappa shape index (κ1) is 27.8. The number of rotatable bonds is 9. The van der Waals surface area contributed by atoms with Crippen molar-refractivity contribution in [3.05, 3.63) is 0 Å². The third kappa shape index (κ3) is 9.91. The molecule has 0 unspecified atom stereocenters. The van der Waals surface area contributed by atoms with Gasteiger partial charge < -0.3 is 0 Å². The Morgan fingerprint density at radius 3 is 1.84 bits per heavy atom. The van der Waals surface area contributed by atoms with E-state index in [2.05, 4.69) is 9.44 Å². The Morgan fingerprint density at radius 2 is 1.38 bits per heavy atom. The van der Waals surface area contributed by atoms with Crippen molar-refractivity contribution in [3.63, 3.8) is 0 Å². The Balaban J connectivity index is 3.36. The molecule has 0 spiro atoms. The van der Waals surface area contributed by atoms with Crippen LogP contribution in [-0.4, -0.2) is 92.4 Å². The van der Waals surface area contributed by atoms with Crippen molar-refractivity contribution in [2.45, 2.75) is 64.0 Å². The summed E-state index contributed by atoms with van der Waals surface area (Å²) in [6.45, 7) is 5.28. The molecule has 1 fully saturated rings. The molecular weight excluding hydrogens is 525 g/mol. The van der Waals surface area contributed by atoms with Crippen LogP contribution in [0.25, 0.3) is 0 Å². The second-order valence-electron chi connectivity index (χ2n) is 6.28. The molecule has 1 rings (SSSR count). The van der Waals surface area contributed by atoms with Crippen molar-refractivity contribution in [2.75, 3.05) is 6.61 Å². The number of hydrogen-bond donors (Lipinski definition) is 0. The fraction of sp³-hybridized carbons (Fsp3) is 0.688. The Hall–Kier alpha value is -2.26. The average Bonchev–Trinajstić information content (AvgIpc) is 2.61. The van der Waals surface area contributed by atoms with Gasteiger partial charge in [0.25, 0.3) is 0 Å². The quantitative estimate of drug-likeness (QED) is 0.0622. The Labute approximate surface area is 190 Å². The normalized spacial score (nSPS) is 25.9. The first-order valence-corrected chi connectivity index (χ1v) is 12.0. The van der Waals surface area contributed by atoms with Crippen LogP contribution in [0, 0.1) is 0 Å². The number of hydrogen-bond acceptors (Lipinski definition) is 14. The van der Waals surface area contributed by atoms with Crippen LogP contribution >= 0.6 is 0 Å². The summed E-state index contributed by atoms with van der Waals surface area (Å²) in [6, 6.07) is 0. The van der Waals surface area contributed by atoms with Gasteiger partial charge in [-0.15, -0.1) is 0 Å². The third-order valence-corrected chi connectivity index (χ3v) is 5.90. The minimum absolute atomic E-state index is 0.00201. The second kappa shape index (κ2) is 12.1. The van der Waals surface area contributed by atoms with Gasteiger partial charge in [0.15, 0.2) is 0 Å². The molecule has 0 saturated carbocycles. The Bertz CT molecular complexity index is 858. The molecule has 0 bridgehead atoms. The molecule has 0 radical (unpaired) electrons. The van der Waals surface area contributed by atoms with Crippen LogP contribution in [0.4, 0.5) is 0 Å². The third-order valence-electron chi connectivity index (χ3n) is 3.49. The number of nitrogens with zero attached hydrogens (tertiary/aromatic N) is 1. The maximum absolute atomic E-state index is 11.7. The predicted octanol–water partition coefficient (Wildman–Crippen LogP) is -1.42. The van der Waals surface area contributed by atoms with Gasteiger partial charge >= 0.3 is 190 Å². The Morgan fingerprint density at radius 1 is 0.875 bits per heavy atom. The fourth-order valence-electron chi connectivity index (χ4n) is 2.57. The molecule has 1 aliphatic heterocycles. The number of carbonyl (C=O) groups excluding carboxylic acids is 4. The summed E-state index contributed by atoms with van der Waals surface area (Å²) in [4.78, 5) is 46.3. The van der Waals surface area contributed by atoms with Gasteiger partial charge in [-0.3, -0.25) is 0 Å². The Kier molecular flexibility index (Phi) is 10.5. The molecule has 1 heterocycles. The summed E-state index contributed by atoms with van der Waals surface area (Å²) in [7, 11) is -5.11. The molecule has 0 aliphatic carbocycles. The fourth-order valence-corrected chi connectivity index (χ4v) is 4.89. The van der Waals surface area contributed by atoms with Gasteiger partial charge in [-0.2, -0.15) is 0 Å². The van der Waals surface area contributed by atoms with Gasteiger partial charge in [0, 0.05) is 0 Å². The van der Waals surface area contributed by atoms with Crippen molar-refractivity contribution in [2.24, 2.45) is 5.16 Å². The average molecular weight is 547 g/mol. The van der Waals surface area contributed by atoms with E-state index in [1.165, 1.54) is 6.92 Å². The van der Waals surface area contributed by atoms with Gasteiger partial charge in [-0.25, -0.2) is 0 Å². The molecule has 0 aromatic heterocycles. The zero-order valence-electron chi connectivity index (χ0n) is 17.7. The van der Waals surface area contributed by atoms with Crippen molar-refractivity contribution in [1.29, 1.82) is 0 Å². The summed E-state index contributed by atoms with van der Waals surface area (Å²) >= 11 is -0.959. The van der Waals surface area contributed by atoms with Crippen LogP contribution < -0.4 is 0 Å². The topological polar surface area (TPSA) is 193 Å². The molecule has 1 aliphatic rings. The van der Waals surface area contributed by atoms with Crippen LogP contribution in [-0.2, 0) is 57.5 Å². The van der Waals surface area contributed by atoms with E-state index in [-0.39, 0.29) is 4.61 Å². The molecule has 5 atom stereocenters. The molecule has 16 heteroatoms. The molecule has 182 valence electrons. The summed E-state index contributed by atoms with van der Waals surface area (Å²) in [6.07, 6.45) is -5.15. The van der Waals surface area contributed by atoms with E-state index in [1.807, 2.05) is 0 Å². The van der Waals surface area contributed by atoms with Crippen molar-refractivity contribution in [3.8, 4) is 0 Å². The predicted molar refractivity (Wildman–Crippen MR) is 102 cm³/mol. The van der Waals surface area contributed by atoms with Gasteiger partial charge in [0.05, 0.1) is 0 Å². The molecule has 1 saturated heterocycles. The zero-order valence-corrected chi connectivity index (χ0v) is 20.2. The van der Waals surface area contributed by atoms with Crippen molar-refractivity contribution < 1.29 is 60.1 Å². The summed E-state index contributed by atoms with van der Waals surface area (Å²) < 4.78 is 62.2. The molecule has 0 amide bonds. The van der Waals surface area contributed by atoms with Gasteiger partial charge in [-0.1, -0.05) is 0 Å². The molecule has 0 N–H and O–H groups in total. The number of oxime groups is 1. The van der Waals surface area contributed by atoms with Crippen LogP contribution in [0.2, 0.25) is 0 Å². The van der Waals surface area contributed by atoms with E-state index >= 15 is 0 Å². The molecule has 14 nitrogen and oxygen atoms in total. The number of carbonyl (C=O) groups is 4. The maximum atomic E-state index is 11.7. The minimum atomic E-state index is -5.11. The zero-order chi connectivity index (χ0) is 24.6. The van der Waals surface area contributed by atoms with E-state index in [0.29, 0.717) is 0 Å². The van der Waals surface area contributed by atoms with Crippen LogP contribution in [0.3, 0.4) is 0 Å². The van der Waals surface area contributed by atoms with Gasteiger partial charge in [-0.05, 0) is 0 Å².